The third kappa shape index (κ3) is 5.01. The number of rotatable bonds is 6. The second-order valence-corrected chi connectivity index (χ2v) is 8.66. The molecule has 3 rings (SSSR count). The molecule has 1 heterocycles. The summed E-state index contributed by atoms with van der Waals surface area (Å²) < 4.78 is 25.4. The zero-order valence-corrected chi connectivity index (χ0v) is 16.5. The molecular weight excluding hydrogens is 362 g/mol. The first kappa shape index (κ1) is 19.2. The molecule has 6 nitrogen and oxygen atoms in total. The van der Waals surface area contributed by atoms with Gasteiger partial charge >= 0.3 is 0 Å². The molecule has 2 aromatic carbocycles. The van der Waals surface area contributed by atoms with E-state index in [4.69, 9.17) is 0 Å². The highest BCUT2D eigenvalue weighted by Gasteiger charge is 2.16. The van der Waals surface area contributed by atoms with E-state index in [0.29, 0.717) is 17.8 Å². The summed E-state index contributed by atoms with van der Waals surface area (Å²) in [5.74, 6) is -0.234. The predicted molar refractivity (Wildman–Crippen MR) is 109 cm³/mol. The van der Waals surface area contributed by atoms with Gasteiger partial charge in [-0.25, -0.2) is 8.42 Å². The average molecular weight is 388 g/mol. The lowest BCUT2D eigenvalue weighted by Crippen LogP contribution is -2.25. The van der Waals surface area contributed by atoms with Gasteiger partial charge in [0, 0.05) is 30.9 Å². The van der Waals surface area contributed by atoms with E-state index in [2.05, 4.69) is 21.0 Å². The Kier molecular flexibility index (Phi) is 5.70. The molecule has 2 aromatic rings. The van der Waals surface area contributed by atoms with E-state index in [0.717, 1.165) is 30.5 Å². The van der Waals surface area contributed by atoms with Gasteiger partial charge in [-0.15, -0.1) is 0 Å². The fraction of sp³-hybridized carbons (Fsp3) is 0.350. The van der Waals surface area contributed by atoms with Crippen LogP contribution in [0.3, 0.4) is 0 Å². The highest BCUT2D eigenvalue weighted by Crippen LogP contribution is 2.24. The Labute approximate surface area is 160 Å². The first-order valence-electron chi connectivity index (χ1n) is 9.03. The maximum atomic E-state index is 12.6. The zero-order valence-electron chi connectivity index (χ0n) is 15.7. The molecule has 1 fully saturated rings. The van der Waals surface area contributed by atoms with Crippen LogP contribution < -0.4 is 14.9 Å². The van der Waals surface area contributed by atoms with Crippen LogP contribution in [-0.2, 0) is 16.6 Å². The van der Waals surface area contributed by atoms with Crippen molar-refractivity contribution in [1.29, 1.82) is 0 Å². The number of aryl methyl sites for hydroxylation is 1. The van der Waals surface area contributed by atoms with Gasteiger partial charge in [0.1, 0.15) is 0 Å². The van der Waals surface area contributed by atoms with E-state index < -0.39 is 10.0 Å². The monoisotopic (exact) mass is 387 g/mol. The summed E-state index contributed by atoms with van der Waals surface area (Å²) in [6, 6.07) is 13.1. The Hall–Kier alpha value is -2.54. The lowest BCUT2D eigenvalue weighted by Gasteiger charge is -2.21. The van der Waals surface area contributed by atoms with E-state index in [1.165, 1.54) is 18.5 Å². The third-order valence-corrected chi connectivity index (χ3v) is 5.26. The minimum Gasteiger partial charge on any atom is -0.371 e. The normalized spacial score (nSPS) is 14.2. The van der Waals surface area contributed by atoms with Crippen LogP contribution in [0.1, 0.15) is 34.3 Å². The first-order valence-corrected chi connectivity index (χ1v) is 10.9. The Morgan fingerprint density at radius 1 is 1.11 bits per heavy atom. The SMILES string of the molecule is Cc1ccc(C(=O)NCc2ccccc2N2CCCC2)cc1NS(C)(=O)=O. The number of carbonyl (C=O) groups excluding carboxylic acids is 1. The van der Waals surface area contributed by atoms with Gasteiger partial charge in [0.05, 0.1) is 11.9 Å². The number of benzene rings is 2. The lowest BCUT2D eigenvalue weighted by atomic mass is 10.1. The maximum Gasteiger partial charge on any atom is 0.251 e. The summed E-state index contributed by atoms with van der Waals surface area (Å²) >= 11 is 0. The van der Waals surface area contributed by atoms with Gasteiger partial charge in [0.15, 0.2) is 0 Å². The minimum absolute atomic E-state index is 0.234. The quantitative estimate of drug-likeness (QED) is 0.799. The van der Waals surface area contributed by atoms with Crippen LogP contribution in [-0.4, -0.2) is 33.7 Å². The number of para-hydroxylation sites is 1. The van der Waals surface area contributed by atoms with E-state index in [1.54, 1.807) is 25.1 Å². The topological polar surface area (TPSA) is 78.5 Å². The fourth-order valence-electron chi connectivity index (χ4n) is 3.28. The molecule has 0 unspecified atom stereocenters. The molecule has 0 saturated carbocycles. The van der Waals surface area contributed by atoms with Crippen molar-refractivity contribution < 1.29 is 13.2 Å². The average Bonchev–Trinajstić information content (AvgIpc) is 3.15. The molecule has 0 spiro atoms. The second kappa shape index (κ2) is 8.00. The highest BCUT2D eigenvalue weighted by molar-refractivity contribution is 7.92. The number of carbonyl (C=O) groups is 1. The molecule has 1 saturated heterocycles. The van der Waals surface area contributed by atoms with E-state index in [9.17, 15) is 13.2 Å². The van der Waals surface area contributed by atoms with Crippen molar-refractivity contribution in [1.82, 2.24) is 5.32 Å². The van der Waals surface area contributed by atoms with Crippen molar-refractivity contribution in [2.45, 2.75) is 26.3 Å². The number of hydrogen-bond donors (Lipinski definition) is 2. The van der Waals surface area contributed by atoms with Crippen molar-refractivity contribution >= 4 is 27.3 Å². The molecule has 27 heavy (non-hydrogen) atoms. The van der Waals surface area contributed by atoms with Crippen molar-refractivity contribution in [2.24, 2.45) is 0 Å². The number of nitrogens with one attached hydrogen (secondary N) is 2. The Morgan fingerprint density at radius 3 is 2.52 bits per heavy atom. The van der Waals surface area contributed by atoms with Gasteiger partial charge in [-0.2, -0.15) is 0 Å². The second-order valence-electron chi connectivity index (χ2n) is 6.91. The van der Waals surface area contributed by atoms with Crippen LogP contribution in [0.25, 0.3) is 0 Å². The predicted octanol–water partition coefficient (Wildman–Crippen LogP) is 2.90. The number of nitrogens with zero attached hydrogens (tertiary/aromatic N) is 1. The summed E-state index contributed by atoms with van der Waals surface area (Å²) in [6.07, 6.45) is 3.48. The van der Waals surface area contributed by atoms with E-state index in [-0.39, 0.29) is 5.91 Å². The van der Waals surface area contributed by atoms with Crippen LogP contribution in [0.5, 0.6) is 0 Å². The summed E-state index contributed by atoms with van der Waals surface area (Å²) in [6.45, 7) is 4.31. The Morgan fingerprint density at radius 2 is 1.81 bits per heavy atom. The van der Waals surface area contributed by atoms with Crippen LogP contribution in [0, 0.1) is 6.92 Å². The lowest BCUT2D eigenvalue weighted by molar-refractivity contribution is 0.0951. The maximum absolute atomic E-state index is 12.6. The molecule has 0 radical (unpaired) electrons. The molecule has 0 atom stereocenters. The number of hydrogen-bond acceptors (Lipinski definition) is 4. The molecule has 1 amide bonds. The van der Waals surface area contributed by atoms with Crippen LogP contribution in [0.2, 0.25) is 0 Å². The summed E-state index contributed by atoms with van der Waals surface area (Å²) in [4.78, 5) is 14.9. The molecular formula is C20H25N3O3S. The summed E-state index contributed by atoms with van der Waals surface area (Å²) in [5.41, 5.74) is 3.84. The molecule has 1 aliphatic heterocycles. The van der Waals surface area contributed by atoms with Gasteiger partial charge in [0.2, 0.25) is 10.0 Å². The molecule has 0 bridgehead atoms. The summed E-state index contributed by atoms with van der Waals surface area (Å²) in [7, 11) is -3.40. The van der Waals surface area contributed by atoms with E-state index in [1.807, 2.05) is 18.2 Å². The molecule has 144 valence electrons. The van der Waals surface area contributed by atoms with Crippen LogP contribution in [0.15, 0.2) is 42.5 Å². The minimum atomic E-state index is -3.40. The number of amides is 1. The fourth-order valence-corrected chi connectivity index (χ4v) is 3.90. The van der Waals surface area contributed by atoms with Gasteiger partial charge in [-0.1, -0.05) is 24.3 Å². The molecule has 1 aliphatic rings. The van der Waals surface area contributed by atoms with Crippen molar-refractivity contribution in [3.63, 3.8) is 0 Å². The largest absolute Gasteiger partial charge is 0.371 e. The summed E-state index contributed by atoms with van der Waals surface area (Å²) in [5, 5.41) is 2.95. The van der Waals surface area contributed by atoms with Gasteiger partial charge < -0.3 is 10.2 Å². The van der Waals surface area contributed by atoms with Crippen LogP contribution in [0.4, 0.5) is 11.4 Å². The van der Waals surface area contributed by atoms with Crippen molar-refractivity contribution in [2.75, 3.05) is 29.0 Å². The highest BCUT2D eigenvalue weighted by atomic mass is 32.2. The number of anilines is 2. The smallest absolute Gasteiger partial charge is 0.251 e. The van der Waals surface area contributed by atoms with Gasteiger partial charge in [-0.3, -0.25) is 9.52 Å². The van der Waals surface area contributed by atoms with Crippen LogP contribution >= 0.6 is 0 Å². The Bertz CT molecular complexity index is 935. The van der Waals surface area contributed by atoms with Crippen molar-refractivity contribution in [3.05, 3.63) is 59.2 Å². The molecule has 2 N–H and O–H groups in total. The molecule has 0 aliphatic carbocycles. The van der Waals surface area contributed by atoms with E-state index >= 15 is 0 Å². The zero-order chi connectivity index (χ0) is 19.4. The molecule has 0 aromatic heterocycles. The van der Waals surface area contributed by atoms with Gasteiger partial charge in [0.25, 0.3) is 5.91 Å². The third-order valence-electron chi connectivity index (χ3n) is 4.67. The van der Waals surface area contributed by atoms with Crippen molar-refractivity contribution in [3.8, 4) is 0 Å². The standard InChI is InChI=1S/C20H25N3O3S/c1-15-9-10-16(13-18(15)22-27(2,25)26)20(24)21-14-17-7-3-4-8-19(17)23-11-5-6-12-23/h3-4,7-10,13,22H,5-6,11-12,14H2,1-2H3,(H,21,24). The van der Waals surface area contributed by atoms with Gasteiger partial charge in [-0.05, 0) is 49.1 Å². The Balaban J connectivity index is 1.72. The molecule has 7 heteroatoms. The number of sulfonamides is 1. The first-order chi connectivity index (χ1) is 12.8.